The highest BCUT2D eigenvalue weighted by atomic mass is 16.2. The molecule has 0 radical (unpaired) electrons. The zero-order valence-electron chi connectivity index (χ0n) is 22.7. The summed E-state index contributed by atoms with van der Waals surface area (Å²) in [7, 11) is 2.17. The zero-order valence-corrected chi connectivity index (χ0v) is 22.7. The van der Waals surface area contributed by atoms with Crippen LogP contribution in [0.25, 0.3) is 32.8 Å². The van der Waals surface area contributed by atoms with Gasteiger partial charge in [-0.1, -0.05) is 30.3 Å². The summed E-state index contributed by atoms with van der Waals surface area (Å²) in [6.07, 6.45) is 7.39. The minimum atomic E-state index is -0.104. The Morgan fingerprint density at radius 1 is 0.800 bits per heavy atom. The number of fused-ring (bicyclic) bond motifs is 3. The van der Waals surface area contributed by atoms with Crippen LogP contribution in [0, 0.1) is 0 Å². The van der Waals surface area contributed by atoms with E-state index in [1.54, 1.807) is 0 Å². The molecule has 0 aliphatic carbocycles. The van der Waals surface area contributed by atoms with Crippen molar-refractivity contribution in [3.05, 3.63) is 90.9 Å². The highest BCUT2D eigenvalue weighted by Crippen LogP contribution is 2.37. The lowest BCUT2D eigenvalue weighted by molar-refractivity contribution is 0.256. The normalized spacial score (nSPS) is 15.8. The van der Waals surface area contributed by atoms with Crippen LogP contribution in [0.4, 0.5) is 21.9 Å². The number of nitrogens with zero attached hydrogens (tertiary/aromatic N) is 5. The second-order valence-electron chi connectivity index (χ2n) is 10.7. The number of aromatic nitrogens is 2. The van der Waals surface area contributed by atoms with Gasteiger partial charge in [0.25, 0.3) is 0 Å². The minimum Gasteiger partial charge on any atom is -0.368 e. The number of aryl methyl sites for hydroxylation is 1. The smallest absolute Gasteiger partial charge is 0.326 e. The first-order chi connectivity index (χ1) is 19.7. The molecule has 0 spiro atoms. The summed E-state index contributed by atoms with van der Waals surface area (Å²) in [6.45, 7) is 4.73. The van der Waals surface area contributed by atoms with Crippen LogP contribution in [-0.4, -0.2) is 60.7 Å². The van der Waals surface area contributed by atoms with E-state index in [9.17, 15) is 4.79 Å². The molecule has 0 unspecified atom stereocenters. The Balaban J connectivity index is 1.23. The Morgan fingerprint density at radius 3 is 2.42 bits per heavy atom. The van der Waals surface area contributed by atoms with Crippen LogP contribution in [-0.2, 0) is 6.42 Å². The number of anilines is 3. The molecule has 0 bridgehead atoms. The molecule has 200 valence electrons. The average Bonchev–Trinajstić information content (AvgIpc) is 3.00. The van der Waals surface area contributed by atoms with Crippen molar-refractivity contribution >= 4 is 44.8 Å². The number of piperazine rings is 1. The monoisotopic (exact) mass is 528 g/mol. The fraction of sp³-hybridized carbons (Fsp3) is 0.242. The van der Waals surface area contributed by atoms with E-state index in [4.69, 9.17) is 4.98 Å². The molecule has 5 aromatic rings. The molecule has 2 aromatic heterocycles. The van der Waals surface area contributed by atoms with E-state index in [2.05, 4.69) is 63.5 Å². The van der Waals surface area contributed by atoms with Crippen LogP contribution in [0.1, 0.15) is 12.0 Å². The molecule has 2 aliphatic heterocycles. The molecule has 3 aromatic carbocycles. The number of hydrogen-bond acceptors (Lipinski definition) is 5. The fourth-order valence-corrected chi connectivity index (χ4v) is 6.12. The number of likely N-dealkylation sites (N-methyl/N-ethyl adjacent to an activating group) is 1. The number of carbonyl (C=O) groups is 1. The summed E-state index contributed by atoms with van der Waals surface area (Å²) >= 11 is 0. The molecular weight excluding hydrogens is 496 g/mol. The largest absolute Gasteiger partial charge is 0.368 e. The van der Waals surface area contributed by atoms with Gasteiger partial charge in [0.1, 0.15) is 0 Å². The summed E-state index contributed by atoms with van der Waals surface area (Å²) in [5, 5.41) is 6.47. The number of carbonyl (C=O) groups excluding carboxylic acids is 1. The molecule has 1 N–H and O–H groups in total. The van der Waals surface area contributed by atoms with Gasteiger partial charge in [0.2, 0.25) is 0 Å². The SMILES string of the molecule is CN1CCN(c2ccnc3cc4c(cc23)N(C(=O)Nc2ccc(-c3ccncc3)c3ccccc23)CCC4)CC1. The van der Waals surface area contributed by atoms with Crippen molar-refractivity contribution in [1.29, 1.82) is 0 Å². The maximum Gasteiger partial charge on any atom is 0.326 e. The molecule has 4 heterocycles. The van der Waals surface area contributed by atoms with Crippen molar-refractivity contribution in [3.8, 4) is 11.1 Å². The van der Waals surface area contributed by atoms with Gasteiger partial charge >= 0.3 is 6.03 Å². The lowest BCUT2D eigenvalue weighted by Crippen LogP contribution is -2.44. The van der Waals surface area contributed by atoms with E-state index in [0.29, 0.717) is 6.54 Å². The molecule has 0 saturated carbocycles. The van der Waals surface area contributed by atoms with Crippen molar-refractivity contribution < 1.29 is 4.79 Å². The van der Waals surface area contributed by atoms with Gasteiger partial charge in [0.15, 0.2) is 0 Å². The summed E-state index contributed by atoms with van der Waals surface area (Å²) in [4.78, 5) is 29.4. The molecule has 2 aliphatic rings. The zero-order chi connectivity index (χ0) is 27.1. The average molecular weight is 529 g/mol. The van der Waals surface area contributed by atoms with Crippen molar-refractivity contribution in [3.63, 3.8) is 0 Å². The lowest BCUT2D eigenvalue weighted by Gasteiger charge is -2.35. The Morgan fingerprint density at radius 2 is 1.60 bits per heavy atom. The highest BCUT2D eigenvalue weighted by molar-refractivity contribution is 6.11. The molecule has 1 fully saturated rings. The van der Waals surface area contributed by atoms with E-state index in [1.807, 2.05) is 53.8 Å². The van der Waals surface area contributed by atoms with Gasteiger partial charge in [-0.25, -0.2) is 4.79 Å². The quantitative estimate of drug-likeness (QED) is 0.303. The first-order valence-electron chi connectivity index (χ1n) is 14.0. The molecule has 2 amide bonds. The van der Waals surface area contributed by atoms with Gasteiger partial charge in [-0.3, -0.25) is 14.9 Å². The maximum atomic E-state index is 13.9. The first-order valence-corrected chi connectivity index (χ1v) is 14.0. The second kappa shape index (κ2) is 10.2. The number of amides is 2. The van der Waals surface area contributed by atoms with Gasteiger partial charge in [0, 0.05) is 73.5 Å². The van der Waals surface area contributed by atoms with Gasteiger partial charge in [-0.15, -0.1) is 0 Å². The molecule has 7 nitrogen and oxygen atoms in total. The van der Waals surface area contributed by atoms with Gasteiger partial charge in [0.05, 0.1) is 11.2 Å². The standard InChI is InChI=1S/C33H32N6O/c1-37-17-19-38(20-18-37)31-12-15-35-30-21-24-5-4-16-39(32(24)22-28(30)31)33(40)36-29-9-8-25(23-10-13-34-14-11-23)26-6-2-3-7-27(26)29/h2-3,6-15,21-22H,4-5,16-20H2,1H3,(H,36,40). The Hall–Kier alpha value is -4.49. The molecule has 1 saturated heterocycles. The lowest BCUT2D eigenvalue weighted by atomic mass is 9.97. The van der Waals surface area contributed by atoms with Crippen LogP contribution in [0.15, 0.2) is 85.3 Å². The predicted octanol–water partition coefficient (Wildman–Crippen LogP) is 6.19. The van der Waals surface area contributed by atoms with Crippen molar-refractivity contribution in [2.24, 2.45) is 0 Å². The number of pyridine rings is 2. The first kappa shape index (κ1) is 24.5. The molecule has 7 heteroatoms. The van der Waals surface area contributed by atoms with E-state index in [-0.39, 0.29) is 6.03 Å². The Bertz CT molecular complexity index is 1710. The van der Waals surface area contributed by atoms with Crippen LogP contribution >= 0.6 is 0 Å². The van der Waals surface area contributed by atoms with Crippen molar-refractivity contribution in [2.75, 3.05) is 54.9 Å². The van der Waals surface area contributed by atoms with Gasteiger partial charge in [-0.05, 0) is 78.4 Å². The number of rotatable bonds is 3. The summed E-state index contributed by atoms with van der Waals surface area (Å²) < 4.78 is 0. The third kappa shape index (κ3) is 4.42. The van der Waals surface area contributed by atoms with E-state index >= 15 is 0 Å². The molecule has 40 heavy (non-hydrogen) atoms. The number of hydrogen-bond donors (Lipinski definition) is 1. The summed E-state index contributed by atoms with van der Waals surface area (Å²) in [6, 6.07) is 22.7. The number of urea groups is 1. The topological polar surface area (TPSA) is 64.6 Å². The van der Waals surface area contributed by atoms with Crippen molar-refractivity contribution in [2.45, 2.75) is 12.8 Å². The van der Waals surface area contributed by atoms with Crippen LogP contribution in [0.2, 0.25) is 0 Å². The minimum absolute atomic E-state index is 0.104. The predicted molar refractivity (Wildman–Crippen MR) is 163 cm³/mol. The molecule has 7 rings (SSSR count). The number of nitrogens with one attached hydrogen (secondary N) is 1. The third-order valence-electron chi connectivity index (χ3n) is 8.28. The number of benzene rings is 3. The third-order valence-corrected chi connectivity index (χ3v) is 8.28. The maximum absolute atomic E-state index is 13.9. The van der Waals surface area contributed by atoms with Crippen LogP contribution in [0.3, 0.4) is 0 Å². The van der Waals surface area contributed by atoms with Gasteiger partial charge in [-0.2, -0.15) is 0 Å². The van der Waals surface area contributed by atoms with Crippen LogP contribution < -0.4 is 15.1 Å². The van der Waals surface area contributed by atoms with Crippen molar-refractivity contribution in [1.82, 2.24) is 14.9 Å². The highest BCUT2D eigenvalue weighted by Gasteiger charge is 2.26. The fourth-order valence-electron chi connectivity index (χ4n) is 6.12. The summed E-state index contributed by atoms with van der Waals surface area (Å²) in [5.41, 5.74) is 7.39. The van der Waals surface area contributed by atoms with Gasteiger partial charge < -0.3 is 15.1 Å². The Labute approximate surface area is 234 Å². The second-order valence-corrected chi connectivity index (χ2v) is 10.7. The van der Waals surface area contributed by atoms with Crippen LogP contribution in [0.5, 0.6) is 0 Å². The van der Waals surface area contributed by atoms with E-state index in [1.165, 1.54) is 11.3 Å². The Kier molecular flexibility index (Phi) is 6.28. The molecular formula is C33H32N6O. The van der Waals surface area contributed by atoms with E-state index in [0.717, 1.165) is 83.2 Å². The van der Waals surface area contributed by atoms with E-state index < -0.39 is 0 Å². The summed E-state index contributed by atoms with van der Waals surface area (Å²) in [5.74, 6) is 0. The molecule has 0 atom stereocenters.